The molecule has 5 nitrogen and oxygen atoms in total. The molecule has 0 aromatic carbocycles. The van der Waals surface area contributed by atoms with Gasteiger partial charge < -0.3 is 14.7 Å². The summed E-state index contributed by atoms with van der Waals surface area (Å²) < 4.78 is 4.81. The summed E-state index contributed by atoms with van der Waals surface area (Å²) in [5, 5.41) is 9.33. The van der Waals surface area contributed by atoms with Gasteiger partial charge in [-0.25, -0.2) is 4.79 Å². The van der Waals surface area contributed by atoms with Gasteiger partial charge in [0.15, 0.2) is 5.81 Å². The molecule has 1 saturated heterocycles. The van der Waals surface area contributed by atoms with Crippen LogP contribution in [-0.4, -0.2) is 54.9 Å². The molecule has 1 rings (SSSR count). The first-order chi connectivity index (χ1) is 6.56. The Kier molecular flexibility index (Phi) is 3.52. The molecule has 1 aliphatic rings. The normalized spacial score (nSPS) is 26.3. The van der Waals surface area contributed by atoms with Crippen LogP contribution in [0.4, 0.5) is 4.79 Å². The molecule has 0 radical (unpaired) electrons. The number of nitrogens with zero attached hydrogens (tertiary/aromatic N) is 1. The Bertz CT molecular complexity index is 245. The van der Waals surface area contributed by atoms with Crippen LogP contribution in [-0.2, 0) is 9.53 Å². The van der Waals surface area contributed by atoms with E-state index in [1.54, 1.807) is 6.92 Å². The SMILES string of the molecule is BC(=O)N1C[C@H](O)C[C@H]1C(=O)OCC. The Labute approximate surface area is 83.4 Å². The van der Waals surface area contributed by atoms with Crippen molar-refractivity contribution < 1.29 is 19.4 Å². The van der Waals surface area contributed by atoms with Gasteiger partial charge in [-0.05, 0) is 6.92 Å². The molecule has 1 N–H and O–H groups in total. The van der Waals surface area contributed by atoms with Crippen molar-refractivity contribution in [3.05, 3.63) is 0 Å². The van der Waals surface area contributed by atoms with E-state index in [-0.39, 0.29) is 25.4 Å². The maximum Gasteiger partial charge on any atom is 0.328 e. The van der Waals surface area contributed by atoms with Crippen molar-refractivity contribution >= 4 is 19.6 Å². The van der Waals surface area contributed by atoms with Crippen LogP contribution in [0.15, 0.2) is 0 Å². The van der Waals surface area contributed by atoms with Crippen molar-refractivity contribution in [1.82, 2.24) is 4.90 Å². The molecular weight excluding hydrogens is 185 g/mol. The molecule has 0 spiro atoms. The van der Waals surface area contributed by atoms with Crippen molar-refractivity contribution in [1.29, 1.82) is 0 Å². The molecule has 78 valence electrons. The molecule has 1 amide bonds. The predicted octanol–water partition coefficient (Wildman–Crippen LogP) is -1.26. The summed E-state index contributed by atoms with van der Waals surface area (Å²) in [4.78, 5) is 23.8. The molecule has 0 aromatic rings. The number of carbonyl (C=O) groups excluding carboxylic acids is 2. The number of aliphatic hydroxyl groups is 1. The third kappa shape index (κ3) is 2.26. The lowest BCUT2D eigenvalue weighted by Gasteiger charge is -2.21. The molecular formula is C8H14BNO4. The number of β-amino-alcohol motifs (C(OH)–C–C–N with tert-alkyl or cyclic N) is 1. The summed E-state index contributed by atoms with van der Waals surface area (Å²) in [6, 6.07) is -0.609. The van der Waals surface area contributed by atoms with Crippen LogP contribution in [0.3, 0.4) is 0 Å². The monoisotopic (exact) mass is 199 g/mol. The minimum Gasteiger partial charge on any atom is -0.464 e. The Morgan fingerprint density at radius 2 is 2.29 bits per heavy atom. The summed E-state index contributed by atoms with van der Waals surface area (Å²) in [6.07, 6.45) is -0.341. The number of likely N-dealkylation sites (tertiary alicyclic amines) is 1. The first-order valence-corrected chi connectivity index (χ1v) is 4.68. The zero-order chi connectivity index (χ0) is 10.7. The van der Waals surface area contributed by atoms with E-state index in [0.29, 0.717) is 0 Å². The van der Waals surface area contributed by atoms with Gasteiger partial charge in [0.2, 0.25) is 7.85 Å². The van der Waals surface area contributed by atoms with Crippen molar-refractivity contribution in [3.63, 3.8) is 0 Å². The highest BCUT2D eigenvalue weighted by Gasteiger charge is 2.37. The van der Waals surface area contributed by atoms with Crippen LogP contribution < -0.4 is 0 Å². The average molecular weight is 199 g/mol. The van der Waals surface area contributed by atoms with Gasteiger partial charge >= 0.3 is 5.97 Å². The Morgan fingerprint density at radius 3 is 2.79 bits per heavy atom. The molecule has 0 aromatic heterocycles. The summed E-state index contributed by atoms with van der Waals surface area (Å²) in [5.41, 5.74) is 0. The van der Waals surface area contributed by atoms with Crippen molar-refractivity contribution in [2.45, 2.75) is 25.5 Å². The smallest absolute Gasteiger partial charge is 0.328 e. The minimum atomic E-state index is -0.617. The highest BCUT2D eigenvalue weighted by molar-refractivity contribution is 6.57. The molecule has 0 unspecified atom stereocenters. The van der Waals surface area contributed by atoms with Gasteiger partial charge in [0.05, 0.1) is 12.7 Å². The Morgan fingerprint density at radius 1 is 1.64 bits per heavy atom. The third-order valence-electron chi connectivity index (χ3n) is 2.24. The molecule has 6 heteroatoms. The van der Waals surface area contributed by atoms with Crippen LogP contribution >= 0.6 is 0 Å². The van der Waals surface area contributed by atoms with Gasteiger partial charge in [0.25, 0.3) is 0 Å². The second-order valence-corrected chi connectivity index (χ2v) is 3.33. The van der Waals surface area contributed by atoms with Crippen LogP contribution in [0, 0.1) is 0 Å². The quantitative estimate of drug-likeness (QED) is 0.445. The Hall–Kier alpha value is -1.04. The van der Waals surface area contributed by atoms with Gasteiger partial charge in [-0.1, -0.05) is 0 Å². The highest BCUT2D eigenvalue weighted by Crippen LogP contribution is 2.18. The zero-order valence-corrected chi connectivity index (χ0v) is 8.40. The summed E-state index contributed by atoms with van der Waals surface area (Å²) in [6.45, 7) is 2.22. The first kappa shape index (κ1) is 11.0. The number of carbonyl (C=O) groups is 2. The number of rotatable bonds is 2. The standard InChI is InChI=1S/C8H14BNO4/c1-2-14-7(12)6-3-5(11)4-10(6)8(9)13/h5-6,11H,2-4,9H2,1H3/t5-,6+/m1/s1. The summed E-state index contributed by atoms with van der Waals surface area (Å²) in [7, 11) is 1.38. The summed E-state index contributed by atoms with van der Waals surface area (Å²) in [5.74, 6) is -0.640. The van der Waals surface area contributed by atoms with E-state index < -0.39 is 18.1 Å². The molecule has 1 aliphatic heterocycles. The average Bonchev–Trinajstić information content (AvgIpc) is 2.48. The molecule has 1 fully saturated rings. The number of hydrogen-bond donors (Lipinski definition) is 1. The Balaban J connectivity index is 2.66. The van der Waals surface area contributed by atoms with E-state index in [4.69, 9.17) is 4.74 Å². The van der Waals surface area contributed by atoms with E-state index in [0.717, 1.165) is 0 Å². The third-order valence-corrected chi connectivity index (χ3v) is 2.24. The van der Waals surface area contributed by atoms with E-state index in [1.165, 1.54) is 12.7 Å². The summed E-state index contributed by atoms with van der Waals surface area (Å²) >= 11 is 0. The van der Waals surface area contributed by atoms with E-state index >= 15 is 0 Å². The number of amides is 1. The topological polar surface area (TPSA) is 66.8 Å². The first-order valence-electron chi connectivity index (χ1n) is 4.68. The zero-order valence-electron chi connectivity index (χ0n) is 8.40. The molecule has 2 atom stereocenters. The fourth-order valence-electron chi connectivity index (χ4n) is 1.62. The molecule has 1 heterocycles. The van der Waals surface area contributed by atoms with Crippen LogP contribution in [0.25, 0.3) is 0 Å². The van der Waals surface area contributed by atoms with Crippen molar-refractivity contribution in [2.75, 3.05) is 13.2 Å². The number of hydrogen-bond acceptors (Lipinski definition) is 4. The van der Waals surface area contributed by atoms with Crippen molar-refractivity contribution in [2.24, 2.45) is 0 Å². The van der Waals surface area contributed by atoms with E-state index in [9.17, 15) is 14.7 Å². The van der Waals surface area contributed by atoms with Gasteiger partial charge in [-0.15, -0.1) is 0 Å². The van der Waals surface area contributed by atoms with Crippen LogP contribution in [0.5, 0.6) is 0 Å². The van der Waals surface area contributed by atoms with E-state index in [2.05, 4.69) is 0 Å². The highest BCUT2D eigenvalue weighted by atomic mass is 16.5. The molecule has 0 aliphatic carbocycles. The van der Waals surface area contributed by atoms with Gasteiger partial charge in [-0.2, -0.15) is 0 Å². The predicted molar refractivity (Wildman–Crippen MR) is 51.7 cm³/mol. The molecule has 14 heavy (non-hydrogen) atoms. The van der Waals surface area contributed by atoms with Gasteiger partial charge in [-0.3, -0.25) is 4.79 Å². The lowest BCUT2D eigenvalue weighted by molar-refractivity contribution is -0.147. The molecule has 0 saturated carbocycles. The fourth-order valence-corrected chi connectivity index (χ4v) is 1.62. The second-order valence-electron chi connectivity index (χ2n) is 3.33. The fraction of sp³-hybridized carbons (Fsp3) is 0.750. The lowest BCUT2D eigenvalue weighted by Crippen LogP contribution is -2.40. The largest absolute Gasteiger partial charge is 0.464 e. The van der Waals surface area contributed by atoms with Gasteiger partial charge in [0, 0.05) is 13.0 Å². The number of aliphatic hydroxyl groups excluding tert-OH is 1. The maximum atomic E-state index is 11.4. The second kappa shape index (κ2) is 4.46. The van der Waals surface area contributed by atoms with Gasteiger partial charge in [0.1, 0.15) is 6.04 Å². The van der Waals surface area contributed by atoms with E-state index in [1.807, 2.05) is 0 Å². The molecule has 0 bridgehead atoms. The van der Waals surface area contributed by atoms with Crippen LogP contribution in [0.2, 0.25) is 0 Å². The van der Waals surface area contributed by atoms with Crippen molar-refractivity contribution in [3.8, 4) is 0 Å². The minimum absolute atomic E-state index is 0.209. The number of ether oxygens (including phenoxy) is 1. The van der Waals surface area contributed by atoms with Crippen LogP contribution in [0.1, 0.15) is 13.3 Å². The lowest BCUT2D eigenvalue weighted by atomic mass is 10.1. The maximum absolute atomic E-state index is 11.4. The number of esters is 1.